The molecule has 10 heteroatoms. The molecule has 0 radical (unpaired) electrons. The molecule has 0 unspecified atom stereocenters. The van der Waals surface area contributed by atoms with E-state index in [1.165, 1.54) is 48.0 Å². The van der Waals surface area contributed by atoms with Crippen molar-refractivity contribution in [1.82, 2.24) is 9.73 Å². The van der Waals surface area contributed by atoms with Crippen LogP contribution in [0, 0.1) is 0 Å². The minimum Gasteiger partial charge on any atom is -0.504 e. The number of rotatable bonds is 8. The number of phenols is 1. The van der Waals surface area contributed by atoms with Crippen LogP contribution in [0.5, 0.6) is 11.5 Å². The van der Waals surface area contributed by atoms with Crippen LogP contribution >= 0.6 is 11.6 Å². The summed E-state index contributed by atoms with van der Waals surface area (Å²) in [4.78, 5) is 12.7. The van der Waals surface area contributed by atoms with Crippen LogP contribution < -0.4 is 10.2 Å². The van der Waals surface area contributed by atoms with Gasteiger partial charge in [0.2, 0.25) is 10.0 Å². The number of carbonyl (C=O) groups excluding carboxylic acids is 1. The molecule has 2 N–H and O–H groups in total. The third-order valence-corrected chi connectivity index (χ3v) is 7.47. The minimum absolute atomic E-state index is 0.00999. The monoisotopic (exact) mass is 479 g/mol. The Morgan fingerprint density at radius 2 is 1.91 bits per heavy atom. The largest absolute Gasteiger partial charge is 0.504 e. The van der Waals surface area contributed by atoms with E-state index < -0.39 is 15.9 Å². The molecule has 0 aliphatic heterocycles. The van der Waals surface area contributed by atoms with Crippen molar-refractivity contribution in [2.45, 2.75) is 43.0 Å². The van der Waals surface area contributed by atoms with E-state index in [-0.39, 0.29) is 29.0 Å². The number of phenolic OH excluding ortho intramolecular Hbond substituents is 1. The van der Waals surface area contributed by atoms with Gasteiger partial charge in [-0.05, 0) is 60.9 Å². The van der Waals surface area contributed by atoms with Crippen molar-refractivity contribution in [3.8, 4) is 11.5 Å². The predicted molar refractivity (Wildman–Crippen MR) is 123 cm³/mol. The van der Waals surface area contributed by atoms with Crippen molar-refractivity contribution in [1.29, 1.82) is 0 Å². The average molecular weight is 480 g/mol. The maximum Gasteiger partial charge on any atom is 0.255 e. The highest BCUT2D eigenvalue weighted by Gasteiger charge is 2.33. The summed E-state index contributed by atoms with van der Waals surface area (Å²) in [5.74, 6) is -0.280. The molecule has 8 nitrogen and oxygen atoms in total. The summed E-state index contributed by atoms with van der Waals surface area (Å²) in [6, 6.07) is 10.3. The number of nitrogens with one attached hydrogen (secondary N) is 1. The molecule has 0 bridgehead atoms. The number of hydrogen-bond donors (Lipinski definition) is 2. The fourth-order valence-corrected chi connectivity index (χ4v) is 5.42. The first-order valence-corrected chi connectivity index (χ1v) is 12.1. The summed E-state index contributed by atoms with van der Waals surface area (Å²) >= 11 is 5.90. The Hall–Kier alpha value is -2.62. The lowest BCUT2D eigenvalue weighted by atomic mass is 9.95. The molecule has 0 heterocycles. The number of hydrazone groups is 1. The second kappa shape index (κ2) is 10.8. The van der Waals surface area contributed by atoms with Gasteiger partial charge in [-0.3, -0.25) is 4.79 Å². The molecule has 1 amide bonds. The molecule has 0 spiro atoms. The first-order chi connectivity index (χ1) is 15.3. The zero-order chi connectivity index (χ0) is 23.1. The Morgan fingerprint density at radius 3 is 2.56 bits per heavy atom. The molecule has 32 heavy (non-hydrogen) atoms. The van der Waals surface area contributed by atoms with Crippen LogP contribution in [0.1, 0.15) is 37.7 Å². The molecule has 1 aliphatic carbocycles. The van der Waals surface area contributed by atoms with Crippen LogP contribution in [0.2, 0.25) is 5.02 Å². The summed E-state index contributed by atoms with van der Waals surface area (Å²) in [5.41, 5.74) is 2.98. The van der Waals surface area contributed by atoms with Gasteiger partial charge in [0.1, 0.15) is 0 Å². The molecule has 2 aromatic rings. The number of benzene rings is 2. The fraction of sp³-hybridized carbons (Fsp3) is 0.364. The zero-order valence-corrected chi connectivity index (χ0v) is 19.3. The molecular weight excluding hydrogens is 454 g/mol. The van der Waals surface area contributed by atoms with E-state index in [0.717, 1.165) is 19.3 Å². The van der Waals surface area contributed by atoms with Gasteiger partial charge in [-0.25, -0.2) is 13.8 Å². The predicted octanol–water partition coefficient (Wildman–Crippen LogP) is 3.53. The summed E-state index contributed by atoms with van der Waals surface area (Å²) < 4.78 is 32.9. The number of halogens is 1. The Kier molecular flexibility index (Phi) is 8.11. The van der Waals surface area contributed by atoms with Crippen molar-refractivity contribution in [2.24, 2.45) is 5.10 Å². The highest BCUT2D eigenvalue weighted by Crippen LogP contribution is 2.28. The van der Waals surface area contributed by atoms with Crippen molar-refractivity contribution >= 4 is 33.7 Å². The molecule has 3 rings (SSSR count). The van der Waals surface area contributed by atoms with E-state index in [1.807, 2.05) is 0 Å². The molecule has 0 saturated heterocycles. The minimum atomic E-state index is -3.89. The first-order valence-electron chi connectivity index (χ1n) is 10.3. The lowest BCUT2D eigenvalue weighted by Crippen LogP contribution is -2.46. The Labute approximate surface area is 192 Å². The number of aromatic hydroxyl groups is 1. The number of amides is 1. The van der Waals surface area contributed by atoms with Crippen LogP contribution in [0.3, 0.4) is 0 Å². The molecule has 172 valence electrons. The SMILES string of the molecule is COc1cc(/C=N/NC(=O)CN(C2CCCCC2)S(=O)(=O)c2ccc(Cl)cc2)ccc1O. The highest BCUT2D eigenvalue weighted by molar-refractivity contribution is 7.89. The molecule has 1 aliphatic rings. The Morgan fingerprint density at radius 1 is 1.22 bits per heavy atom. The van der Waals surface area contributed by atoms with Crippen LogP contribution in [0.4, 0.5) is 0 Å². The van der Waals surface area contributed by atoms with E-state index in [9.17, 15) is 18.3 Å². The van der Waals surface area contributed by atoms with E-state index >= 15 is 0 Å². The summed E-state index contributed by atoms with van der Waals surface area (Å²) in [7, 11) is -2.46. The fourth-order valence-electron chi connectivity index (χ4n) is 3.65. The van der Waals surface area contributed by atoms with Gasteiger partial charge < -0.3 is 9.84 Å². The van der Waals surface area contributed by atoms with Gasteiger partial charge in [0.15, 0.2) is 11.5 Å². The van der Waals surface area contributed by atoms with Gasteiger partial charge in [0.05, 0.1) is 24.8 Å². The number of nitrogens with zero attached hydrogens (tertiary/aromatic N) is 2. The van der Waals surface area contributed by atoms with E-state index in [4.69, 9.17) is 16.3 Å². The zero-order valence-electron chi connectivity index (χ0n) is 17.7. The van der Waals surface area contributed by atoms with Crippen molar-refractivity contribution in [3.63, 3.8) is 0 Å². The molecule has 0 atom stereocenters. The van der Waals surface area contributed by atoms with Gasteiger partial charge in [0, 0.05) is 11.1 Å². The van der Waals surface area contributed by atoms with Gasteiger partial charge in [0.25, 0.3) is 5.91 Å². The average Bonchev–Trinajstić information content (AvgIpc) is 2.79. The van der Waals surface area contributed by atoms with E-state index in [0.29, 0.717) is 23.4 Å². The van der Waals surface area contributed by atoms with Crippen LogP contribution in [0.15, 0.2) is 52.5 Å². The third-order valence-electron chi connectivity index (χ3n) is 5.31. The number of carbonyl (C=O) groups is 1. The first kappa shape index (κ1) is 24.0. The van der Waals surface area contributed by atoms with Gasteiger partial charge in [-0.2, -0.15) is 9.41 Å². The van der Waals surface area contributed by atoms with E-state index in [1.54, 1.807) is 12.1 Å². The maximum absolute atomic E-state index is 13.3. The summed E-state index contributed by atoms with van der Waals surface area (Å²) in [5, 5.41) is 14.0. The smallest absolute Gasteiger partial charge is 0.255 e. The van der Waals surface area contributed by atoms with Crippen LogP contribution in [-0.2, 0) is 14.8 Å². The molecule has 1 saturated carbocycles. The van der Waals surface area contributed by atoms with Crippen molar-refractivity contribution < 1.29 is 23.1 Å². The number of methoxy groups -OCH3 is 1. The molecular formula is C22H26ClN3O5S. The Balaban J connectivity index is 1.74. The van der Waals surface area contributed by atoms with E-state index in [2.05, 4.69) is 10.5 Å². The van der Waals surface area contributed by atoms with Crippen molar-refractivity contribution in [3.05, 3.63) is 53.1 Å². The summed E-state index contributed by atoms with van der Waals surface area (Å²) in [6.07, 6.45) is 5.68. The lowest BCUT2D eigenvalue weighted by Gasteiger charge is -2.32. The van der Waals surface area contributed by atoms with Gasteiger partial charge in [-0.15, -0.1) is 0 Å². The Bertz CT molecular complexity index is 1070. The number of ether oxygens (including phenoxy) is 1. The quantitative estimate of drug-likeness (QED) is 0.444. The molecule has 2 aromatic carbocycles. The van der Waals surface area contributed by atoms with Gasteiger partial charge >= 0.3 is 0 Å². The standard InChI is InChI=1S/C22H26ClN3O5S/c1-31-21-13-16(7-12-20(21)27)14-24-25-22(28)15-26(18-5-3-2-4-6-18)32(29,30)19-10-8-17(23)9-11-19/h7-14,18,27H,2-6,15H2,1H3,(H,25,28)/b24-14+. The lowest BCUT2D eigenvalue weighted by molar-refractivity contribution is -0.121. The number of hydrogen-bond acceptors (Lipinski definition) is 6. The normalized spacial score (nSPS) is 15.2. The van der Waals surface area contributed by atoms with Crippen molar-refractivity contribution in [2.75, 3.05) is 13.7 Å². The highest BCUT2D eigenvalue weighted by atomic mass is 35.5. The maximum atomic E-state index is 13.3. The van der Waals surface area contributed by atoms with Crippen LogP contribution in [-0.4, -0.2) is 49.6 Å². The topological polar surface area (TPSA) is 108 Å². The third kappa shape index (κ3) is 5.99. The molecule has 0 aromatic heterocycles. The molecule has 1 fully saturated rings. The second-order valence-electron chi connectivity index (χ2n) is 7.52. The van der Waals surface area contributed by atoms with Gasteiger partial charge in [-0.1, -0.05) is 30.9 Å². The number of sulfonamides is 1. The second-order valence-corrected chi connectivity index (χ2v) is 9.85. The summed E-state index contributed by atoms with van der Waals surface area (Å²) in [6.45, 7) is -0.341. The van der Waals surface area contributed by atoms with Crippen LogP contribution in [0.25, 0.3) is 0 Å².